The standard InChI is InChI=1S/C21H25FN4O2/c1-12-18(11-16-15-10-14(22)7-8-17(15)24-21(16)28)23-13(2)20(12)25-19(27)6-5-9-26(3)4/h7-8,10-11,23H,5-6,9H2,1-4H3,(H,24,28)(H,25,27). The molecular formula is C21H25FN4O2. The van der Waals surface area contributed by atoms with Crippen LogP contribution in [0, 0.1) is 19.7 Å². The number of hydrogen-bond acceptors (Lipinski definition) is 3. The Kier molecular flexibility index (Phi) is 5.65. The lowest BCUT2D eigenvalue weighted by Gasteiger charge is -2.09. The lowest BCUT2D eigenvalue weighted by atomic mass is 10.0. The van der Waals surface area contributed by atoms with Crippen molar-refractivity contribution in [3.05, 3.63) is 46.5 Å². The average Bonchev–Trinajstić information content (AvgIpc) is 3.06. The maximum atomic E-state index is 13.6. The van der Waals surface area contributed by atoms with Gasteiger partial charge in [0, 0.05) is 29.1 Å². The first kappa shape index (κ1) is 19.8. The molecule has 0 atom stereocenters. The molecule has 1 aliphatic heterocycles. The molecule has 0 saturated carbocycles. The van der Waals surface area contributed by atoms with Crippen LogP contribution in [0.1, 0.15) is 35.4 Å². The molecule has 148 valence electrons. The van der Waals surface area contributed by atoms with E-state index < -0.39 is 5.82 Å². The second-order valence-corrected chi connectivity index (χ2v) is 7.32. The summed E-state index contributed by atoms with van der Waals surface area (Å²) in [6, 6.07) is 4.21. The molecule has 1 aromatic carbocycles. The van der Waals surface area contributed by atoms with Gasteiger partial charge in [0.1, 0.15) is 5.82 Å². The first-order valence-corrected chi connectivity index (χ1v) is 9.23. The minimum absolute atomic E-state index is 0.0442. The molecule has 1 aromatic heterocycles. The van der Waals surface area contributed by atoms with Crippen molar-refractivity contribution in [1.82, 2.24) is 9.88 Å². The summed E-state index contributed by atoms with van der Waals surface area (Å²) >= 11 is 0. The molecule has 0 aliphatic carbocycles. The van der Waals surface area contributed by atoms with Crippen LogP contribution in [0.2, 0.25) is 0 Å². The maximum Gasteiger partial charge on any atom is 0.256 e. The Hall–Kier alpha value is -2.93. The van der Waals surface area contributed by atoms with Crippen molar-refractivity contribution >= 4 is 34.8 Å². The summed E-state index contributed by atoms with van der Waals surface area (Å²) in [4.78, 5) is 29.8. The smallest absolute Gasteiger partial charge is 0.256 e. The van der Waals surface area contributed by atoms with E-state index in [1.54, 1.807) is 12.1 Å². The molecule has 6 nitrogen and oxygen atoms in total. The molecule has 7 heteroatoms. The molecule has 3 N–H and O–H groups in total. The van der Waals surface area contributed by atoms with Crippen LogP contribution in [0.15, 0.2) is 18.2 Å². The van der Waals surface area contributed by atoms with Crippen molar-refractivity contribution in [1.29, 1.82) is 0 Å². The Morgan fingerprint density at radius 1 is 1.29 bits per heavy atom. The van der Waals surface area contributed by atoms with Gasteiger partial charge in [-0.3, -0.25) is 9.59 Å². The van der Waals surface area contributed by atoms with E-state index in [9.17, 15) is 14.0 Å². The number of fused-ring (bicyclic) bond motifs is 1. The molecule has 0 bridgehead atoms. The highest BCUT2D eigenvalue weighted by Gasteiger charge is 2.25. The topological polar surface area (TPSA) is 77.2 Å². The number of halogens is 1. The first-order chi connectivity index (χ1) is 13.3. The molecule has 28 heavy (non-hydrogen) atoms. The first-order valence-electron chi connectivity index (χ1n) is 9.23. The van der Waals surface area contributed by atoms with Crippen molar-refractivity contribution in [2.45, 2.75) is 26.7 Å². The fourth-order valence-corrected chi connectivity index (χ4v) is 3.31. The monoisotopic (exact) mass is 384 g/mol. The third-order valence-corrected chi connectivity index (χ3v) is 4.80. The third kappa shape index (κ3) is 4.14. The van der Waals surface area contributed by atoms with Gasteiger partial charge in [-0.2, -0.15) is 0 Å². The lowest BCUT2D eigenvalue weighted by molar-refractivity contribution is -0.116. The second kappa shape index (κ2) is 7.98. The highest BCUT2D eigenvalue weighted by atomic mass is 19.1. The zero-order valence-corrected chi connectivity index (χ0v) is 16.6. The highest BCUT2D eigenvalue weighted by molar-refractivity contribution is 6.34. The van der Waals surface area contributed by atoms with Crippen LogP contribution in [0.25, 0.3) is 11.6 Å². The summed E-state index contributed by atoms with van der Waals surface area (Å²) in [7, 11) is 3.95. The van der Waals surface area contributed by atoms with Gasteiger partial charge in [-0.25, -0.2) is 4.39 Å². The van der Waals surface area contributed by atoms with Crippen molar-refractivity contribution in [3.63, 3.8) is 0 Å². The van der Waals surface area contributed by atoms with Crippen LogP contribution in [0.5, 0.6) is 0 Å². The van der Waals surface area contributed by atoms with E-state index in [0.717, 1.165) is 29.9 Å². The predicted molar refractivity (Wildman–Crippen MR) is 110 cm³/mol. The quantitative estimate of drug-likeness (QED) is 0.667. The molecular weight excluding hydrogens is 359 g/mol. The van der Waals surface area contributed by atoms with E-state index in [-0.39, 0.29) is 11.8 Å². The van der Waals surface area contributed by atoms with E-state index in [4.69, 9.17) is 0 Å². The molecule has 2 heterocycles. The van der Waals surface area contributed by atoms with Crippen molar-refractivity contribution in [3.8, 4) is 0 Å². The van der Waals surface area contributed by atoms with Crippen molar-refractivity contribution in [2.24, 2.45) is 0 Å². The van der Waals surface area contributed by atoms with Gasteiger partial charge >= 0.3 is 0 Å². The average molecular weight is 384 g/mol. The number of rotatable bonds is 6. The second-order valence-electron chi connectivity index (χ2n) is 7.32. The summed E-state index contributed by atoms with van der Waals surface area (Å²) in [5.41, 5.74) is 4.59. The van der Waals surface area contributed by atoms with Gasteiger partial charge < -0.3 is 20.5 Å². The molecule has 0 unspecified atom stereocenters. The highest BCUT2D eigenvalue weighted by Crippen LogP contribution is 2.35. The Morgan fingerprint density at radius 2 is 2.04 bits per heavy atom. The number of aromatic nitrogens is 1. The number of aromatic amines is 1. The zero-order valence-electron chi connectivity index (χ0n) is 16.6. The normalized spacial score (nSPS) is 14.5. The van der Waals surface area contributed by atoms with Gasteiger partial charge in [-0.1, -0.05) is 0 Å². The number of carbonyl (C=O) groups is 2. The number of benzene rings is 1. The van der Waals surface area contributed by atoms with E-state index in [0.29, 0.717) is 28.9 Å². The van der Waals surface area contributed by atoms with E-state index in [2.05, 4.69) is 15.6 Å². The fourth-order valence-electron chi connectivity index (χ4n) is 3.31. The largest absolute Gasteiger partial charge is 0.357 e. The zero-order chi connectivity index (χ0) is 20.4. The molecule has 0 saturated heterocycles. The Balaban J connectivity index is 1.83. The van der Waals surface area contributed by atoms with Gasteiger partial charge in [-0.15, -0.1) is 0 Å². The molecule has 1 aliphatic rings. The fraction of sp³-hybridized carbons (Fsp3) is 0.333. The number of anilines is 2. The van der Waals surface area contributed by atoms with Crippen LogP contribution in [0.4, 0.5) is 15.8 Å². The Labute approximate surface area is 163 Å². The molecule has 2 aromatic rings. The minimum atomic E-state index is -0.397. The van der Waals surface area contributed by atoms with Gasteiger partial charge in [0.15, 0.2) is 0 Å². The number of hydrogen-bond donors (Lipinski definition) is 3. The van der Waals surface area contributed by atoms with Crippen LogP contribution in [-0.4, -0.2) is 42.3 Å². The summed E-state index contributed by atoms with van der Waals surface area (Å²) in [5, 5.41) is 5.70. The number of nitrogens with zero attached hydrogens (tertiary/aromatic N) is 1. The van der Waals surface area contributed by atoms with E-state index in [1.807, 2.05) is 32.8 Å². The van der Waals surface area contributed by atoms with E-state index in [1.165, 1.54) is 12.1 Å². The molecule has 0 fully saturated rings. The number of aryl methyl sites for hydroxylation is 1. The summed E-state index contributed by atoms with van der Waals surface area (Å²) in [6.45, 7) is 4.60. The summed E-state index contributed by atoms with van der Waals surface area (Å²) in [6.07, 6.45) is 2.92. The molecule has 2 amide bonds. The predicted octanol–water partition coefficient (Wildman–Crippen LogP) is 3.54. The molecule has 0 spiro atoms. The molecule has 3 rings (SSSR count). The van der Waals surface area contributed by atoms with Gasteiger partial charge in [0.05, 0.1) is 11.3 Å². The van der Waals surface area contributed by atoms with Crippen LogP contribution >= 0.6 is 0 Å². The Morgan fingerprint density at radius 3 is 2.75 bits per heavy atom. The summed E-state index contributed by atoms with van der Waals surface area (Å²) < 4.78 is 13.6. The number of amides is 2. The lowest BCUT2D eigenvalue weighted by Crippen LogP contribution is -2.17. The molecule has 0 radical (unpaired) electrons. The number of H-pyrrole nitrogens is 1. The summed E-state index contributed by atoms with van der Waals surface area (Å²) in [5.74, 6) is -0.718. The van der Waals surface area contributed by atoms with Crippen molar-refractivity contribution in [2.75, 3.05) is 31.3 Å². The van der Waals surface area contributed by atoms with Gasteiger partial charge in [0.25, 0.3) is 5.91 Å². The van der Waals surface area contributed by atoms with Crippen LogP contribution in [-0.2, 0) is 9.59 Å². The third-order valence-electron chi connectivity index (χ3n) is 4.80. The number of carbonyl (C=O) groups excluding carboxylic acids is 2. The van der Waals surface area contributed by atoms with Gasteiger partial charge in [0.2, 0.25) is 5.91 Å². The SMILES string of the molecule is Cc1[nH]c(C=C2C(=O)Nc3ccc(F)cc32)c(C)c1NC(=O)CCCN(C)C. The Bertz CT molecular complexity index is 960. The van der Waals surface area contributed by atoms with Crippen LogP contribution < -0.4 is 10.6 Å². The van der Waals surface area contributed by atoms with Gasteiger partial charge in [-0.05, 0) is 70.7 Å². The number of nitrogens with one attached hydrogen (secondary N) is 3. The van der Waals surface area contributed by atoms with E-state index >= 15 is 0 Å². The minimum Gasteiger partial charge on any atom is -0.357 e. The van der Waals surface area contributed by atoms with Crippen LogP contribution in [0.3, 0.4) is 0 Å². The maximum absolute atomic E-state index is 13.6. The van der Waals surface area contributed by atoms with Crippen molar-refractivity contribution < 1.29 is 14.0 Å².